The number of hydrogen-bond donors (Lipinski definition) is 1. The average Bonchev–Trinajstić information content (AvgIpc) is 2.26. The minimum atomic E-state index is -0.163. The van der Waals surface area contributed by atoms with Crippen LogP contribution in [0, 0.1) is 6.92 Å². The van der Waals surface area contributed by atoms with Crippen LogP contribution in [0.15, 0.2) is 29.1 Å². The molecule has 0 saturated carbocycles. The van der Waals surface area contributed by atoms with Crippen molar-refractivity contribution in [1.82, 2.24) is 9.97 Å². The summed E-state index contributed by atoms with van der Waals surface area (Å²) in [6, 6.07) is 5.29. The predicted octanol–water partition coefficient (Wildman–Crippen LogP) is 1.44. The molecule has 0 atom stereocenters. The van der Waals surface area contributed by atoms with Crippen LogP contribution in [0.25, 0.3) is 17.0 Å². The first-order chi connectivity index (χ1) is 7.70. The Labute approximate surface area is 91.6 Å². The Bertz CT molecular complexity index is 626. The number of benzene rings is 1. The van der Waals surface area contributed by atoms with Crippen molar-refractivity contribution in [2.24, 2.45) is 0 Å². The molecule has 2 aromatic rings. The number of rotatable bonds is 2. The van der Waals surface area contributed by atoms with E-state index in [1.165, 1.54) is 6.08 Å². The van der Waals surface area contributed by atoms with Crippen LogP contribution >= 0.6 is 0 Å². The van der Waals surface area contributed by atoms with Gasteiger partial charge in [-0.1, -0.05) is 12.1 Å². The van der Waals surface area contributed by atoms with Gasteiger partial charge in [0.1, 0.15) is 12.1 Å². The molecule has 0 aliphatic carbocycles. The fourth-order valence-corrected chi connectivity index (χ4v) is 1.53. The number of H-pyrrole nitrogens is 1. The van der Waals surface area contributed by atoms with Gasteiger partial charge in [-0.3, -0.25) is 9.59 Å². The lowest BCUT2D eigenvalue weighted by molar-refractivity contribution is -0.104. The van der Waals surface area contributed by atoms with Gasteiger partial charge in [0.2, 0.25) is 0 Å². The summed E-state index contributed by atoms with van der Waals surface area (Å²) in [6.45, 7) is 1.74. The van der Waals surface area contributed by atoms with Crippen molar-refractivity contribution >= 4 is 23.3 Å². The molecule has 0 radical (unpaired) electrons. The zero-order valence-electron chi connectivity index (χ0n) is 8.73. The van der Waals surface area contributed by atoms with Gasteiger partial charge in [0.25, 0.3) is 5.56 Å². The number of carbonyl (C=O) groups is 1. The Morgan fingerprint density at radius 2 is 2.19 bits per heavy atom. The molecule has 0 spiro atoms. The summed E-state index contributed by atoms with van der Waals surface area (Å²) in [5, 5.41) is 0.527. The van der Waals surface area contributed by atoms with Gasteiger partial charge >= 0.3 is 0 Å². The number of aryl methyl sites for hydroxylation is 1. The van der Waals surface area contributed by atoms with Gasteiger partial charge in [0.15, 0.2) is 0 Å². The maximum Gasteiger partial charge on any atom is 0.258 e. The predicted molar refractivity (Wildman–Crippen MR) is 62.2 cm³/mol. The number of allylic oxidation sites excluding steroid dienone is 1. The second-order valence-electron chi connectivity index (χ2n) is 3.42. The molecule has 1 aromatic carbocycles. The summed E-state index contributed by atoms with van der Waals surface area (Å²) in [5.74, 6) is 0.591. The SMILES string of the molecule is Cc1nc2ccc(C=CC=O)cc2c(=O)[nH]1. The summed E-state index contributed by atoms with van der Waals surface area (Å²) in [4.78, 5) is 28.7. The number of hydrogen-bond acceptors (Lipinski definition) is 3. The smallest absolute Gasteiger partial charge is 0.258 e. The van der Waals surface area contributed by atoms with E-state index in [1.54, 1.807) is 25.1 Å². The van der Waals surface area contributed by atoms with Crippen LogP contribution in [0.3, 0.4) is 0 Å². The van der Waals surface area contributed by atoms with E-state index in [2.05, 4.69) is 9.97 Å². The minimum Gasteiger partial charge on any atom is -0.310 e. The first-order valence-corrected chi connectivity index (χ1v) is 4.83. The van der Waals surface area contributed by atoms with Gasteiger partial charge in [-0.15, -0.1) is 0 Å². The van der Waals surface area contributed by atoms with E-state index in [1.807, 2.05) is 6.07 Å². The van der Waals surface area contributed by atoms with Crippen LogP contribution in [0.4, 0.5) is 0 Å². The lowest BCUT2D eigenvalue weighted by Crippen LogP contribution is -2.09. The number of aromatic nitrogens is 2. The quantitative estimate of drug-likeness (QED) is 0.607. The molecule has 0 bridgehead atoms. The summed E-state index contributed by atoms with van der Waals surface area (Å²) in [5.41, 5.74) is 1.30. The molecule has 0 fully saturated rings. The molecule has 1 N–H and O–H groups in total. The highest BCUT2D eigenvalue weighted by molar-refractivity contribution is 5.82. The molecular weight excluding hydrogens is 204 g/mol. The third-order valence-corrected chi connectivity index (χ3v) is 2.22. The maximum absolute atomic E-state index is 11.6. The lowest BCUT2D eigenvalue weighted by Gasteiger charge is -1.99. The zero-order chi connectivity index (χ0) is 11.5. The fourth-order valence-electron chi connectivity index (χ4n) is 1.53. The molecule has 2 rings (SSSR count). The second-order valence-corrected chi connectivity index (χ2v) is 3.42. The molecule has 80 valence electrons. The van der Waals surface area contributed by atoms with Crippen molar-refractivity contribution in [3.63, 3.8) is 0 Å². The summed E-state index contributed by atoms with van der Waals surface area (Å²) < 4.78 is 0. The monoisotopic (exact) mass is 214 g/mol. The topological polar surface area (TPSA) is 62.8 Å². The highest BCUT2D eigenvalue weighted by Gasteiger charge is 2.01. The fraction of sp³-hybridized carbons (Fsp3) is 0.0833. The van der Waals surface area contributed by atoms with Crippen molar-refractivity contribution in [3.8, 4) is 0 Å². The minimum absolute atomic E-state index is 0.163. The molecule has 16 heavy (non-hydrogen) atoms. The number of nitrogens with one attached hydrogen (secondary N) is 1. The third kappa shape index (κ3) is 1.91. The van der Waals surface area contributed by atoms with E-state index < -0.39 is 0 Å². The summed E-state index contributed by atoms with van der Waals surface area (Å²) in [7, 11) is 0. The molecule has 0 aliphatic rings. The summed E-state index contributed by atoms with van der Waals surface area (Å²) in [6.07, 6.45) is 3.73. The number of carbonyl (C=O) groups excluding carboxylic acids is 1. The Morgan fingerprint density at radius 1 is 1.38 bits per heavy atom. The van der Waals surface area contributed by atoms with E-state index in [9.17, 15) is 9.59 Å². The van der Waals surface area contributed by atoms with Gasteiger partial charge in [-0.2, -0.15) is 0 Å². The number of nitrogens with zero attached hydrogens (tertiary/aromatic N) is 1. The largest absolute Gasteiger partial charge is 0.310 e. The molecule has 4 nitrogen and oxygen atoms in total. The molecule has 1 heterocycles. The molecule has 0 amide bonds. The van der Waals surface area contributed by atoms with Gasteiger partial charge in [0.05, 0.1) is 10.9 Å². The van der Waals surface area contributed by atoms with Gasteiger partial charge in [-0.25, -0.2) is 4.98 Å². The second kappa shape index (κ2) is 4.10. The van der Waals surface area contributed by atoms with Crippen LogP contribution in [0.5, 0.6) is 0 Å². The van der Waals surface area contributed by atoms with E-state index in [4.69, 9.17) is 0 Å². The molecule has 0 unspecified atom stereocenters. The molecule has 0 saturated heterocycles. The van der Waals surface area contributed by atoms with Crippen molar-refractivity contribution in [2.45, 2.75) is 6.92 Å². The number of aldehydes is 1. The zero-order valence-corrected chi connectivity index (χ0v) is 8.73. The Balaban J connectivity index is 2.66. The average molecular weight is 214 g/mol. The van der Waals surface area contributed by atoms with E-state index in [0.29, 0.717) is 23.0 Å². The van der Waals surface area contributed by atoms with E-state index >= 15 is 0 Å². The van der Waals surface area contributed by atoms with Gasteiger partial charge < -0.3 is 4.98 Å². The third-order valence-electron chi connectivity index (χ3n) is 2.22. The summed E-state index contributed by atoms with van der Waals surface area (Å²) >= 11 is 0. The van der Waals surface area contributed by atoms with Crippen molar-refractivity contribution in [3.05, 3.63) is 46.0 Å². The van der Waals surface area contributed by atoms with Crippen molar-refractivity contribution in [1.29, 1.82) is 0 Å². The molecule has 4 heteroatoms. The number of fused-ring (bicyclic) bond motifs is 1. The van der Waals surface area contributed by atoms with Crippen LogP contribution in [0.2, 0.25) is 0 Å². The Hall–Kier alpha value is -2.23. The number of aromatic amines is 1. The van der Waals surface area contributed by atoms with Crippen LogP contribution in [0.1, 0.15) is 11.4 Å². The molecule has 1 aromatic heterocycles. The highest BCUT2D eigenvalue weighted by Crippen LogP contribution is 2.11. The Morgan fingerprint density at radius 3 is 2.94 bits per heavy atom. The van der Waals surface area contributed by atoms with Crippen molar-refractivity contribution in [2.75, 3.05) is 0 Å². The van der Waals surface area contributed by atoms with Crippen LogP contribution in [-0.4, -0.2) is 16.3 Å². The van der Waals surface area contributed by atoms with Gasteiger partial charge in [-0.05, 0) is 30.7 Å². The molecule has 0 aliphatic heterocycles. The standard InChI is InChI=1S/C12H10N2O2/c1-8-13-11-5-4-9(3-2-6-15)7-10(11)12(16)14-8/h2-7H,1H3,(H,13,14,16). The first kappa shape index (κ1) is 10.3. The van der Waals surface area contributed by atoms with Crippen molar-refractivity contribution < 1.29 is 4.79 Å². The van der Waals surface area contributed by atoms with Crippen LogP contribution in [-0.2, 0) is 4.79 Å². The lowest BCUT2D eigenvalue weighted by atomic mass is 10.1. The van der Waals surface area contributed by atoms with Gasteiger partial charge in [0, 0.05) is 0 Å². The van der Waals surface area contributed by atoms with Crippen LogP contribution < -0.4 is 5.56 Å². The first-order valence-electron chi connectivity index (χ1n) is 4.83. The maximum atomic E-state index is 11.6. The normalized spacial score (nSPS) is 11.1. The van der Waals surface area contributed by atoms with E-state index in [0.717, 1.165) is 5.56 Å². The Kier molecular flexibility index (Phi) is 2.64. The highest BCUT2D eigenvalue weighted by atomic mass is 16.1. The molecular formula is C12H10N2O2. The van der Waals surface area contributed by atoms with E-state index in [-0.39, 0.29) is 5.56 Å².